The Bertz CT molecular complexity index is 1290. The van der Waals surface area contributed by atoms with Crippen molar-refractivity contribution in [2.45, 2.75) is 134 Å². The van der Waals surface area contributed by atoms with Gasteiger partial charge in [-0.25, -0.2) is 0 Å². The molecule has 13 N–H and O–H groups in total. The molecule has 0 saturated carbocycles. The van der Waals surface area contributed by atoms with Gasteiger partial charge in [0.05, 0.1) is 12.1 Å². The van der Waals surface area contributed by atoms with Crippen LogP contribution in [0.15, 0.2) is 0 Å². The smallest absolute Gasteiger partial charge is 0.245 e. The fourth-order valence-corrected chi connectivity index (χ4v) is 6.07. The second-order valence-electron chi connectivity index (χ2n) is 13.8. The zero-order chi connectivity index (χ0) is 39.1. The molecule has 0 aromatic rings. The van der Waals surface area contributed by atoms with Gasteiger partial charge >= 0.3 is 0 Å². The second-order valence-corrected chi connectivity index (χ2v) is 13.8. The van der Waals surface area contributed by atoms with E-state index in [1.165, 1.54) is 18.7 Å². The van der Waals surface area contributed by atoms with Crippen LogP contribution >= 0.6 is 0 Å². The fraction of sp³-hybridized carbons (Fsp3) is 0.758. The van der Waals surface area contributed by atoms with E-state index in [0.717, 1.165) is 6.42 Å². The minimum atomic E-state index is -1.50. The van der Waals surface area contributed by atoms with Crippen molar-refractivity contribution < 1.29 is 43.5 Å². The number of nitrogens with zero attached hydrogens (tertiary/aromatic N) is 1. The predicted molar refractivity (Wildman–Crippen MR) is 188 cm³/mol. The number of carbonyl (C=O) groups is 8. The van der Waals surface area contributed by atoms with Crippen LogP contribution in [0.5, 0.6) is 0 Å². The van der Waals surface area contributed by atoms with Crippen LogP contribution in [0.25, 0.3) is 0 Å². The lowest BCUT2D eigenvalue weighted by Crippen LogP contribution is -2.62. The van der Waals surface area contributed by atoms with Crippen LogP contribution in [-0.2, 0) is 38.4 Å². The van der Waals surface area contributed by atoms with Gasteiger partial charge < -0.3 is 59.1 Å². The van der Waals surface area contributed by atoms with Gasteiger partial charge in [-0.2, -0.15) is 0 Å². The molecule has 2 fully saturated rings. The van der Waals surface area contributed by atoms with Gasteiger partial charge in [0.15, 0.2) is 0 Å². The first-order valence-electron chi connectivity index (χ1n) is 18.0. The zero-order valence-electron chi connectivity index (χ0n) is 30.6. The summed E-state index contributed by atoms with van der Waals surface area (Å²) in [6, 6.07) is -7.51. The number of aliphatic hydroxyl groups is 1. The third-order valence-corrected chi connectivity index (χ3v) is 9.18. The summed E-state index contributed by atoms with van der Waals surface area (Å²) in [5, 5.41) is 26.5. The molecule has 294 valence electrons. The molecule has 0 bridgehead atoms. The standard InChI is InChI=1S/C33H58N10O9/c1-17(2)25(41-28(47)20-10-7-15-37-20)31(50)42-26(19(4)44)32(51)40-22(9-5-6-14-34)33(52)43-16-8-11-23(43)30(49)39-21(12-13-24(35)45)29(48)38-18(3)27(36)46/h17-23,25-26,37,44H,5-16,34H2,1-4H3,(H2,35,45)(H2,36,46)(H,38,48)(H,39,49)(H,40,51)(H,41,47)(H,42,50)/t18-,19-,20+,21+,22+,23+,25+,26+/m1/s1. The minimum absolute atomic E-state index is 0.126. The van der Waals surface area contributed by atoms with Crippen molar-refractivity contribution in [1.29, 1.82) is 0 Å². The Labute approximate surface area is 304 Å². The lowest BCUT2D eigenvalue weighted by Gasteiger charge is -2.31. The average molecular weight is 739 g/mol. The van der Waals surface area contributed by atoms with Gasteiger partial charge in [-0.3, -0.25) is 38.4 Å². The highest BCUT2D eigenvalue weighted by Gasteiger charge is 2.40. The Kier molecular flexibility index (Phi) is 17.9. The van der Waals surface area contributed by atoms with E-state index in [-0.39, 0.29) is 44.1 Å². The van der Waals surface area contributed by atoms with Gasteiger partial charge in [0, 0.05) is 13.0 Å². The molecule has 2 heterocycles. The summed E-state index contributed by atoms with van der Waals surface area (Å²) in [5.41, 5.74) is 16.2. The van der Waals surface area contributed by atoms with E-state index < -0.39 is 89.7 Å². The summed E-state index contributed by atoms with van der Waals surface area (Å²) in [6.45, 7) is 7.27. The Hall–Kier alpha value is -4.36. The van der Waals surface area contributed by atoms with Gasteiger partial charge in [0.2, 0.25) is 47.3 Å². The Morgan fingerprint density at radius 2 is 1.44 bits per heavy atom. The van der Waals surface area contributed by atoms with E-state index in [0.29, 0.717) is 38.8 Å². The Morgan fingerprint density at radius 1 is 0.769 bits per heavy atom. The molecule has 8 amide bonds. The van der Waals surface area contributed by atoms with Gasteiger partial charge in [0.25, 0.3) is 0 Å². The molecule has 2 aliphatic rings. The number of hydrogen-bond acceptors (Lipinski definition) is 11. The molecule has 0 spiro atoms. The molecular weight excluding hydrogens is 680 g/mol. The van der Waals surface area contributed by atoms with Crippen molar-refractivity contribution in [1.82, 2.24) is 36.8 Å². The monoisotopic (exact) mass is 738 g/mol. The van der Waals surface area contributed by atoms with Crippen LogP contribution in [-0.4, -0.2) is 125 Å². The number of carbonyl (C=O) groups excluding carboxylic acids is 8. The van der Waals surface area contributed by atoms with Crippen molar-refractivity contribution >= 4 is 47.3 Å². The van der Waals surface area contributed by atoms with E-state index in [1.54, 1.807) is 13.8 Å². The first-order valence-corrected chi connectivity index (χ1v) is 18.0. The van der Waals surface area contributed by atoms with E-state index >= 15 is 0 Å². The van der Waals surface area contributed by atoms with Crippen LogP contribution < -0.4 is 49.1 Å². The van der Waals surface area contributed by atoms with Crippen molar-refractivity contribution in [3.63, 3.8) is 0 Å². The molecular formula is C33H58N10O9. The molecule has 0 unspecified atom stereocenters. The first kappa shape index (κ1) is 43.8. The zero-order valence-corrected chi connectivity index (χ0v) is 30.6. The molecule has 2 aliphatic heterocycles. The number of likely N-dealkylation sites (tertiary alicyclic amines) is 1. The number of amides is 8. The summed E-state index contributed by atoms with van der Waals surface area (Å²) < 4.78 is 0. The maximum absolute atomic E-state index is 14.0. The van der Waals surface area contributed by atoms with Crippen molar-refractivity contribution in [3.8, 4) is 0 Å². The van der Waals surface area contributed by atoms with E-state index in [4.69, 9.17) is 17.2 Å². The highest BCUT2D eigenvalue weighted by atomic mass is 16.3. The van der Waals surface area contributed by atoms with Crippen LogP contribution in [0, 0.1) is 5.92 Å². The number of primary amides is 2. The van der Waals surface area contributed by atoms with E-state index in [9.17, 15) is 43.5 Å². The van der Waals surface area contributed by atoms with Gasteiger partial charge in [-0.05, 0) is 84.2 Å². The highest BCUT2D eigenvalue weighted by molar-refractivity contribution is 5.97. The molecule has 0 radical (unpaired) electrons. The van der Waals surface area contributed by atoms with Crippen molar-refractivity contribution in [2.75, 3.05) is 19.6 Å². The number of aliphatic hydroxyl groups excluding tert-OH is 1. The second kappa shape index (κ2) is 21.2. The largest absolute Gasteiger partial charge is 0.391 e. The lowest BCUT2D eigenvalue weighted by molar-refractivity contribution is -0.143. The van der Waals surface area contributed by atoms with E-state index in [2.05, 4.69) is 31.9 Å². The number of hydrogen-bond donors (Lipinski definition) is 10. The predicted octanol–water partition coefficient (Wildman–Crippen LogP) is -3.91. The average Bonchev–Trinajstić information content (AvgIpc) is 3.80. The van der Waals surface area contributed by atoms with Gasteiger partial charge in [0.1, 0.15) is 36.3 Å². The Morgan fingerprint density at radius 3 is 2.00 bits per heavy atom. The summed E-state index contributed by atoms with van der Waals surface area (Å²) in [7, 11) is 0. The van der Waals surface area contributed by atoms with Gasteiger partial charge in [-0.15, -0.1) is 0 Å². The molecule has 0 aromatic carbocycles. The lowest BCUT2D eigenvalue weighted by atomic mass is 10.0. The molecule has 2 rings (SSSR count). The van der Waals surface area contributed by atoms with Crippen molar-refractivity contribution in [3.05, 3.63) is 0 Å². The molecule has 52 heavy (non-hydrogen) atoms. The van der Waals surface area contributed by atoms with E-state index in [1.807, 2.05) is 0 Å². The van der Waals surface area contributed by atoms with Crippen LogP contribution in [0.3, 0.4) is 0 Å². The topological polar surface area (TPSA) is 310 Å². The quantitative estimate of drug-likeness (QED) is 0.0508. The molecule has 8 atom stereocenters. The normalized spacial score (nSPS) is 20.5. The molecule has 19 heteroatoms. The fourth-order valence-electron chi connectivity index (χ4n) is 6.07. The van der Waals surface area contributed by atoms with Crippen LogP contribution in [0.2, 0.25) is 0 Å². The number of unbranched alkanes of at least 4 members (excludes halogenated alkanes) is 1. The summed E-state index contributed by atoms with van der Waals surface area (Å²) in [5.74, 6) is -5.86. The third-order valence-electron chi connectivity index (χ3n) is 9.18. The highest BCUT2D eigenvalue weighted by Crippen LogP contribution is 2.21. The molecule has 0 aromatic heterocycles. The number of rotatable bonds is 21. The molecule has 0 aliphatic carbocycles. The third kappa shape index (κ3) is 13.3. The maximum Gasteiger partial charge on any atom is 0.245 e. The first-order chi connectivity index (χ1) is 24.5. The molecule has 19 nitrogen and oxygen atoms in total. The maximum atomic E-state index is 14.0. The van der Waals surface area contributed by atoms with Gasteiger partial charge in [-0.1, -0.05) is 13.8 Å². The van der Waals surface area contributed by atoms with Crippen LogP contribution in [0.1, 0.15) is 85.5 Å². The summed E-state index contributed by atoms with van der Waals surface area (Å²) in [6.07, 6.45) is 1.34. The number of nitrogens with one attached hydrogen (secondary N) is 6. The Balaban J connectivity index is 2.23. The summed E-state index contributed by atoms with van der Waals surface area (Å²) in [4.78, 5) is 104. The minimum Gasteiger partial charge on any atom is -0.391 e. The molecule has 2 saturated heterocycles. The van der Waals surface area contributed by atoms with Crippen molar-refractivity contribution in [2.24, 2.45) is 23.1 Å². The number of nitrogens with two attached hydrogens (primary N) is 3. The SMILES string of the molecule is CC(C)[C@H](NC(=O)[C@@H]1CCCN1)C(=O)N[C@H](C(=O)N[C@@H](CCCCN)C(=O)N1CCC[C@H]1C(=O)N[C@@H](CCC(N)=O)C(=O)N[C@H](C)C(N)=O)[C@@H](C)O. The summed E-state index contributed by atoms with van der Waals surface area (Å²) >= 11 is 0. The van der Waals surface area contributed by atoms with Crippen LogP contribution in [0.4, 0.5) is 0 Å².